The highest BCUT2D eigenvalue weighted by Gasteiger charge is 2.25. The highest BCUT2D eigenvalue weighted by Crippen LogP contribution is 2.39. The number of hydrogen-bond acceptors (Lipinski definition) is 4. The Kier molecular flexibility index (Phi) is 3.63. The van der Waals surface area contributed by atoms with Crippen molar-refractivity contribution in [2.75, 3.05) is 0 Å². The lowest BCUT2D eigenvalue weighted by Gasteiger charge is -2.11. The molecule has 0 spiro atoms. The second kappa shape index (κ2) is 5.49. The molecule has 0 saturated heterocycles. The highest BCUT2D eigenvalue weighted by molar-refractivity contribution is 6.34. The summed E-state index contributed by atoms with van der Waals surface area (Å²) in [7, 11) is 0. The first-order valence-corrected chi connectivity index (χ1v) is 7.37. The fourth-order valence-electron chi connectivity index (χ4n) is 2.69. The Balaban J connectivity index is 2.41. The Morgan fingerprint density at radius 2 is 1.87 bits per heavy atom. The maximum atomic E-state index is 9.59. The van der Waals surface area contributed by atoms with Crippen LogP contribution in [0.25, 0.3) is 16.9 Å². The van der Waals surface area contributed by atoms with E-state index in [2.05, 4.69) is 11.2 Å². The summed E-state index contributed by atoms with van der Waals surface area (Å²) in [6.07, 6.45) is 0. The smallest absolute Gasteiger partial charge is 0.157 e. The van der Waals surface area contributed by atoms with Crippen molar-refractivity contribution in [2.45, 2.75) is 20.8 Å². The van der Waals surface area contributed by atoms with Gasteiger partial charge in [0.2, 0.25) is 0 Å². The van der Waals surface area contributed by atoms with Crippen molar-refractivity contribution in [3.8, 4) is 28.8 Å². The quantitative estimate of drug-likeness (QED) is 0.762. The van der Waals surface area contributed by atoms with E-state index in [4.69, 9.17) is 16.1 Å². The number of nitrogens with zero attached hydrogens (tertiary/aromatic N) is 3. The average molecular weight is 328 g/mol. The number of halogens is 1. The number of aromatic hydroxyl groups is 1. The summed E-state index contributed by atoms with van der Waals surface area (Å²) in [6.45, 7) is 5.41. The van der Waals surface area contributed by atoms with Crippen LogP contribution >= 0.6 is 11.6 Å². The number of hydrogen-bond donors (Lipinski definition) is 1. The minimum Gasteiger partial charge on any atom is -0.508 e. The molecule has 116 valence electrons. The molecule has 0 unspecified atom stereocenters. The normalized spacial score (nSPS) is 10.7. The fourth-order valence-corrected chi connectivity index (χ4v) is 2.97. The Morgan fingerprint density at radius 1 is 1.22 bits per heavy atom. The number of benzene rings is 1. The maximum Gasteiger partial charge on any atom is 0.157 e. The number of nitriles is 1. The summed E-state index contributed by atoms with van der Waals surface area (Å²) >= 11 is 6.51. The molecule has 5 nitrogen and oxygen atoms in total. The standard InChI is InChI=1S/C17H14ClN3O2/c1-9-14(8-19)21(16-10(2)20-23-11(16)3)17(15(9)18)12-4-6-13(22)7-5-12/h4-7,22H,1-3H3. The van der Waals surface area contributed by atoms with Gasteiger partial charge in [-0.15, -0.1) is 0 Å². The Labute approximate surface area is 138 Å². The molecular formula is C17H14ClN3O2. The van der Waals surface area contributed by atoms with E-state index >= 15 is 0 Å². The molecule has 0 atom stereocenters. The first-order valence-electron chi connectivity index (χ1n) is 6.99. The van der Waals surface area contributed by atoms with Gasteiger partial charge in [0.05, 0.1) is 10.7 Å². The SMILES string of the molecule is Cc1noc(C)c1-n1c(C#N)c(C)c(Cl)c1-c1ccc(O)cc1. The van der Waals surface area contributed by atoms with Crippen LogP contribution in [-0.2, 0) is 0 Å². The van der Waals surface area contributed by atoms with E-state index in [0.717, 1.165) is 5.56 Å². The molecule has 2 heterocycles. The topological polar surface area (TPSA) is 75.0 Å². The lowest BCUT2D eigenvalue weighted by Crippen LogP contribution is -2.02. The van der Waals surface area contributed by atoms with Gasteiger partial charge in [0.1, 0.15) is 28.9 Å². The number of aromatic nitrogens is 2. The second-order valence-corrected chi connectivity index (χ2v) is 5.68. The Hall–Kier alpha value is -2.71. The number of phenolic OH excluding ortho intramolecular Hbond substituents is 1. The van der Waals surface area contributed by atoms with Gasteiger partial charge in [-0.2, -0.15) is 5.26 Å². The lowest BCUT2D eigenvalue weighted by atomic mass is 10.1. The van der Waals surface area contributed by atoms with E-state index in [-0.39, 0.29) is 5.75 Å². The molecule has 0 aliphatic carbocycles. The van der Waals surface area contributed by atoms with Gasteiger partial charge < -0.3 is 9.63 Å². The van der Waals surface area contributed by atoms with Crippen molar-refractivity contribution in [1.82, 2.24) is 9.72 Å². The molecule has 3 rings (SSSR count). The molecule has 0 radical (unpaired) electrons. The van der Waals surface area contributed by atoms with Gasteiger partial charge in [-0.25, -0.2) is 0 Å². The van der Waals surface area contributed by atoms with Crippen molar-refractivity contribution in [2.24, 2.45) is 0 Å². The summed E-state index contributed by atoms with van der Waals surface area (Å²) in [6, 6.07) is 8.88. The predicted molar refractivity (Wildman–Crippen MR) is 86.9 cm³/mol. The lowest BCUT2D eigenvalue weighted by molar-refractivity contribution is 0.393. The van der Waals surface area contributed by atoms with Crippen molar-refractivity contribution in [3.05, 3.63) is 52.0 Å². The van der Waals surface area contributed by atoms with Crippen molar-refractivity contribution in [1.29, 1.82) is 5.26 Å². The van der Waals surface area contributed by atoms with Gasteiger partial charge in [0.25, 0.3) is 0 Å². The Morgan fingerprint density at radius 3 is 2.39 bits per heavy atom. The predicted octanol–water partition coefficient (Wildman–Crippen LogP) is 4.29. The Bertz CT molecular complexity index is 911. The third-order valence-electron chi connectivity index (χ3n) is 3.81. The maximum absolute atomic E-state index is 9.59. The number of aryl methyl sites for hydroxylation is 2. The van der Waals surface area contributed by atoms with Crippen LogP contribution in [-0.4, -0.2) is 14.8 Å². The van der Waals surface area contributed by atoms with Crippen LogP contribution in [0, 0.1) is 32.1 Å². The molecule has 0 fully saturated rings. The highest BCUT2D eigenvalue weighted by atomic mass is 35.5. The third-order valence-corrected chi connectivity index (χ3v) is 4.27. The van der Waals surface area contributed by atoms with Crippen LogP contribution in [0.1, 0.15) is 22.7 Å². The number of phenols is 1. The van der Waals surface area contributed by atoms with Gasteiger partial charge in [-0.3, -0.25) is 4.57 Å². The molecule has 2 aromatic heterocycles. The summed E-state index contributed by atoms with van der Waals surface area (Å²) in [4.78, 5) is 0. The van der Waals surface area contributed by atoms with E-state index in [9.17, 15) is 10.4 Å². The second-order valence-electron chi connectivity index (χ2n) is 5.30. The monoisotopic (exact) mass is 327 g/mol. The van der Waals surface area contributed by atoms with Crippen molar-refractivity contribution in [3.63, 3.8) is 0 Å². The van der Waals surface area contributed by atoms with Crippen LogP contribution in [0.5, 0.6) is 5.75 Å². The molecule has 0 bridgehead atoms. The minimum absolute atomic E-state index is 0.164. The zero-order valence-electron chi connectivity index (χ0n) is 12.9. The van der Waals surface area contributed by atoms with Crippen LogP contribution in [0.3, 0.4) is 0 Å². The molecule has 23 heavy (non-hydrogen) atoms. The summed E-state index contributed by atoms with van der Waals surface area (Å²) in [5, 5.41) is 23.6. The van der Waals surface area contributed by atoms with Gasteiger partial charge in [0.15, 0.2) is 5.76 Å². The van der Waals surface area contributed by atoms with Crippen LogP contribution < -0.4 is 0 Å². The van der Waals surface area contributed by atoms with E-state index in [1.165, 1.54) is 0 Å². The summed E-state index contributed by atoms with van der Waals surface area (Å²) in [5.74, 6) is 0.767. The van der Waals surface area contributed by atoms with Crippen LogP contribution in [0.2, 0.25) is 5.02 Å². The minimum atomic E-state index is 0.164. The van der Waals surface area contributed by atoms with Crippen molar-refractivity contribution >= 4 is 11.6 Å². The van der Waals surface area contributed by atoms with E-state index in [1.54, 1.807) is 42.7 Å². The molecule has 6 heteroatoms. The van der Waals surface area contributed by atoms with Gasteiger partial charge in [-0.1, -0.05) is 16.8 Å². The molecule has 1 N–H and O–H groups in total. The number of rotatable bonds is 2. The van der Waals surface area contributed by atoms with E-state index in [0.29, 0.717) is 39.1 Å². The van der Waals surface area contributed by atoms with Crippen molar-refractivity contribution < 1.29 is 9.63 Å². The fraction of sp³-hybridized carbons (Fsp3) is 0.176. The zero-order chi connectivity index (χ0) is 16.7. The molecule has 3 aromatic rings. The summed E-state index contributed by atoms with van der Waals surface area (Å²) in [5.41, 5.74) is 3.97. The molecule has 0 aliphatic heterocycles. The third kappa shape index (κ3) is 2.28. The van der Waals surface area contributed by atoms with Crippen LogP contribution in [0.4, 0.5) is 0 Å². The average Bonchev–Trinajstić information content (AvgIpc) is 2.98. The molecule has 0 amide bonds. The van der Waals surface area contributed by atoms with E-state index in [1.807, 2.05) is 6.92 Å². The molecule has 0 aliphatic rings. The summed E-state index contributed by atoms with van der Waals surface area (Å²) < 4.78 is 7.01. The first-order chi connectivity index (χ1) is 11.0. The largest absolute Gasteiger partial charge is 0.508 e. The van der Waals surface area contributed by atoms with Crippen LogP contribution in [0.15, 0.2) is 28.8 Å². The molecular weight excluding hydrogens is 314 g/mol. The molecule has 0 saturated carbocycles. The van der Waals surface area contributed by atoms with E-state index < -0.39 is 0 Å². The molecule has 1 aromatic carbocycles. The first kappa shape index (κ1) is 15.2. The van der Waals surface area contributed by atoms with Gasteiger partial charge >= 0.3 is 0 Å². The zero-order valence-corrected chi connectivity index (χ0v) is 13.6. The van der Waals surface area contributed by atoms with Gasteiger partial charge in [0, 0.05) is 11.1 Å². The van der Waals surface area contributed by atoms with Gasteiger partial charge in [-0.05, 0) is 45.0 Å².